The number of furan rings is 1. The molecule has 0 fully saturated rings. The highest BCUT2D eigenvalue weighted by Gasteiger charge is 2.48. The molecule has 0 N–H and O–H groups in total. The van der Waals surface area contributed by atoms with Gasteiger partial charge in [-0.1, -0.05) is 176 Å². The maximum Gasteiger partial charge on any atom is 0.178 e. The third-order valence-corrected chi connectivity index (χ3v) is 13.0. The topological polar surface area (TPSA) is 44.5 Å². The van der Waals surface area contributed by atoms with Crippen molar-refractivity contribution < 1.29 is 13.9 Å². The molecule has 2 aliphatic rings. The van der Waals surface area contributed by atoms with E-state index in [0.29, 0.717) is 17.2 Å². The summed E-state index contributed by atoms with van der Waals surface area (Å²) >= 11 is 0. The van der Waals surface area contributed by atoms with Crippen molar-refractivity contribution in [2.45, 2.75) is 5.41 Å². The highest BCUT2D eigenvalue weighted by Crippen LogP contribution is 2.62. The Kier molecular flexibility index (Phi) is 8.09. The molecule has 2 aromatic heterocycles. The summed E-state index contributed by atoms with van der Waals surface area (Å²) in [5.74, 6) is 2.75. The van der Waals surface area contributed by atoms with Crippen LogP contribution in [0.2, 0.25) is 0 Å². The van der Waals surface area contributed by atoms with Gasteiger partial charge in [0.1, 0.15) is 11.2 Å². The lowest BCUT2D eigenvalue weighted by Gasteiger charge is -2.34. The molecule has 0 amide bonds. The van der Waals surface area contributed by atoms with Gasteiger partial charge < -0.3 is 13.9 Å². The fraction of sp³-hybridized carbons (Fsp3) is 0.0167. The summed E-state index contributed by atoms with van der Waals surface area (Å²) in [7, 11) is 0. The minimum atomic E-state index is -0.550. The molecule has 4 nitrogen and oxygen atoms in total. The lowest BCUT2D eigenvalue weighted by Crippen LogP contribution is -2.28. The number of para-hydroxylation sites is 1. The second kappa shape index (κ2) is 14.3. The van der Waals surface area contributed by atoms with Gasteiger partial charge in [-0.15, -0.1) is 0 Å². The smallest absolute Gasteiger partial charge is 0.178 e. The Morgan fingerprint density at radius 1 is 0.344 bits per heavy atom. The molecule has 3 heterocycles. The third kappa shape index (κ3) is 5.52. The first-order chi connectivity index (χ1) is 31.7. The van der Waals surface area contributed by atoms with E-state index in [1.165, 1.54) is 16.7 Å². The van der Waals surface area contributed by atoms with Crippen LogP contribution in [0.1, 0.15) is 22.3 Å². The second-order valence-corrected chi connectivity index (χ2v) is 16.6. The number of hydrogen-bond acceptors (Lipinski definition) is 4. The Morgan fingerprint density at radius 3 is 1.77 bits per heavy atom. The molecular formula is C60H37NO3. The quantitative estimate of drug-likeness (QED) is 0.168. The molecule has 0 bridgehead atoms. The average molecular weight is 820 g/mol. The van der Waals surface area contributed by atoms with E-state index in [1.54, 1.807) is 0 Å². The molecule has 1 aliphatic carbocycles. The van der Waals surface area contributed by atoms with E-state index < -0.39 is 5.41 Å². The van der Waals surface area contributed by atoms with E-state index >= 15 is 0 Å². The van der Waals surface area contributed by atoms with E-state index in [9.17, 15) is 0 Å². The third-order valence-electron chi connectivity index (χ3n) is 13.0. The normalized spacial score (nSPS) is 13.1. The number of hydrogen-bond donors (Lipinski definition) is 0. The Balaban J connectivity index is 0.938. The largest absolute Gasteiger partial charge is 0.456 e. The van der Waals surface area contributed by atoms with Crippen LogP contribution in [0.25, 0.3) is 77.8 Å². The van der Waals surface area contributed by atoms with E-state index in [4.69, 9.17) is 18.9 Å². The fourth-order valence-corrected chi connectivity index (χ4v) is 10.2. The zero-order valence-electron chi connectivity index (χ0n) is 34.5. The Morgan fingerprint density at radius 2 is 0.969 bits per heavy atom. The van der Waals surface area contributed by atoms with Gasteiger partial charge in [0, 0.05) is 27.5 Å². The summed E-state index contributed by atoms with van der Waals surface area (Å²) < 4.78 is 20.2. The highest BCUT2D eigenvalue weighted by molar-refractivity contribution is 6.06. The van der Waals surface area contributed by atoms with Crippen LogP contribution in [0.3, 0.4) is 0 Å². The molecule has 0 radical (unpaired) electrons. The molecular weight excluding hydrogens is 783 g/mol. The zero-order valence-corrected chi connectivity index (χ0v) is 34.5. The summed E-state index contributed by atoms with van der Waals surface area (Å²) in [5, 5.41) is 2.22. The van der Waals surface area contributed by atoms with E-state index in [2.05, 4.69) is 200 Å². The van der Waals surface area contributed by atoms with Crippen molar-refractivity contribution in [3.8, 4) is 78.9 Å². The minimum Gasteiger partial charge on any atom is -0.456 e. The van der Waals surface area contributed by atoms with Crippen LogP contribution in [0, 0.1) is 0 Å². The molecule has 11 aromatic rings. The lowest BCUT2D eigenvalue weighted by molar-refractivity contribution is 0.360. The molecule has 13 rings (SSSR count). The minimum absolute atomic E-state index is 0.550. The number of fused-ring (bicyclic) bond motifs is 9. The average Bonchev–Trinajstić information content (AvgIpc) is 3.90. The van der Waals surface area contributed by atoms with E-state index in [-0.39, 0.29) is 0 Å². The van der Waals surface area contributed by atoms with Crippen LogP contribution in [0.15, 0.2) is 229 Å². The van der Waals surface area contributed by atoms with Gasteiger partial charge in [-0.2, -0.15) is 0 Å². The van der Waals surface area contributed by atoms with Crippen molar-refractivity contribution >= 4 is 21.9 Å². The number of pyridine rings is 1. The summed E-state index contributed by atoms with van der Waals surface area (Å²) in [5.41, 5.74) is 16.1. The molecule has 0 saturated carbocycles. The van der Waals surface area contributed by atoms with Crippen LogP contribution in [-0.2, 0) is 5.41 Å². The number of nitrogens with zero attached hydrogens (tertiary/aromatic N) is 1. The van der Waals surface area contributed by atoms with Crippen molar-refractivity contribution in [2.75, 3.05) is 0 Å². The van der Waals surface area contributed by atoms with Crippen molar-refractivity contribution in [3.05, 3.63) is 247 Å². The number of ether oxygens (including phenoxy) is 2. The van der Waals surface area contributed by atoms with Gasteiger partial charge in [0.2, 0.25) is 0 Å². The maximum absolute atomic E-state index is 7.11. The Bertz CT molecular complexity index is 3570. The van der Waals surface area contributed by atoms with E-state index in [1.807, 2.05) is 24.3 Å². The standard InChI is InChI=1S/C60H37NO3/c1-4-16-38(17-5-1)51-34-41(39-28-30-47-46-24-13-15-27-53(46)62-56(47)36-39)35-52(61-51)45-23-11-10-22-44(45)40-29-32-54-57(37-40)64-59-55(63-54)33-31-50-58(59)48-25-12-14-26-49(48)60(50,42-18-6-2-7-19-42)43-20-8-3-9-21-43/h1-37H. The molecule has 4 heteroatoms. The molecule has 9 aromatic carbocycles. The fourth-order valence-electron chi connectivity index (χ4n) is 10.2. The molecule has 1 aliphatic heterocycles. The van der Waals surface area contributed by atoms with Gasteiger partial charge >= 0.3 is 0 Å². The van der Waals surface area contributed by atoms with Crippen LogP contribution in [0.5, 0.6) is 23.0 Å². The predicted octanol–water partition coefficient (Wildman–Crippen LogP) is 15.9. The molecule has 64 heavy (non-hydrogen) atoms. The monoisotopic (exact) mass is 819 g/mol. The van der Waals surface area contributed by atoms with Gasteiger partial charge in [-0.3, -0.25) is 0 Å². The number of aromatic nitrogens is 1. The second-order valence-electron chi connectivity index (χ2n) is 16.6. The number of benzene rings is 9. The summed E-state index contributed by atoms with van der Waals surface area (Å²) in [4.78, 5) is 5.34. The molecule has 300 valence electrons. The van der Waals surface area contributed by atoms with Gasteiger partial charge in [-0.05, 0) is 98.6 Å². The molecule has 0 saturated heterocycles. The maximum atomic E-state index is 7.11. The van der Waals surface area contributed by atoms with Crippen LogP contribution in [0.4, 0.5) is 0 Å². The highest BCUT2D eigenvalue weighted by atomic mass is 16.6. The van der Waals surface area contributed by atoms with Gasteiger partial charge in [0.25, 0.3) is 0 Å². The zero-order chi connectivity index (χ0) is 42.2. The van der Waals surface area contributed by atoms with E-state index in [0.717, 1.165) is 89.1 Å². The SMILES string of the molecule is c1ccc(-c2cc(-c3ccc4c(c3)oc3ccccc34)cc(-c3ccccc3-c3ccc4c(c3)Oc3c(ccc5c3-c3ccccc3C5(c3ccccc3)c3ccccc3)O4)n2)cc1. The van der Waals surface area contributed by atoms with Gasteiger partial charge in [0.15, 0.2) is 23.0 Å². The van der Waals surface area contributed by atoms with Crippen LogP contribution >= 0.6 is 0 Å². The first-order valence-corrected chi connectivity index (χ1v) is 21.7. The first kappa shape index (κ1) is 36.2. The van der Waals surface area contributed by atoms with Gasteiger partial charge in [0.05, 0.1) is 16.8 Å². The van der Waals surface area contributed by atoms with Crippen LogP contribution < -0.4 is 9.47 Å². The summed E-state index contributed by atoms with van der Waals surface area (Å²) in [6.07, 6.45) is 0. The van der Waals surface area contributed by atoms with Crippen molar-refractivity contribution in [3.63, 3.8) is 0 Å². The van der Waals surface area contributed by atoms with Crippen molar-refractivity contribution in [1.82, 2.24) is 4.98 Å². The van der Waals surface area contributed by atoms with Crippen LogP contribution in [-0.4, -0.2) is 4.98 Å². The Hall–Kier alpha value is -8.47. The molecule has 0 unspecified atom stereocenters. The van der Waals surface area contributed by atoms with Crippen molar-refractivity contribution in [1.29, 1.82) is 0 Å². The molecule has 0 atom stereocenters. The number of rotatable bonds is 6. The predicted molar refractivity (Wildman–Crippen MR) is 257 cm³/mol. The first-order valence-electron chi connectivity index (χ1n) is 21.7. The Labute approximate surface area is 370 Å². The summed E-state index contributed by atoms with van der Waals surface area (Å²) in [6.45, 7) is 0. The molecule has 0 spiro atoms. The lowest BCUT2D eigenvalue weighted by atomic mass is 9.68. The van der Waals surface area contributed by atoms with Crippen molar-refractivity contribution in [2.24, 2.45) is 0 Å². The summed E-state index contributed by atoms with van der Waals surface area (Å²) in [6, 6.07) is 78.8. The van der Waals surface area contributed by atoms with Gasteiger partial charge in [-0.25, -0.2) is 4.98 Å².